The first kappa shape index (κ1) is 29.1. The summed E-state index contributed by atoms with van der Waals surface area (Å²) in [5, 5.41) is 14.9. The fourth-order valence-corrected chi connectivity index (χ4v) is 5.83. The monoisotopic (exact) mass is 601 g/mol. The first-order valence-corrected chi connectivity index (χ1v) is 14.1. The number of rotatable bonds is 11. The number of hydrogen-bond donors (Lipinski definition) is 3. The molecule has 0 spiro atoms. The number of anilines is 1. The zero-order valence-electron chi connectivity index (χ0n) is 23.1. The molecular formula is C29H30F3N5O6. The lowest BCUT2D eigenvalue weighted by Crippen LogP contribution is -2.61. The first-order chi connectivity index (χ1) is 20.6. The van der Waals surface area contributed by atoms with Crippen molar-refractivity contribution in [3.8, 4) is 11.6 Å². The molecule has 3 aromatic heterocycles. The smallest absolute Gasteiger partial charge is 0.374 e. The second-order valence-electron chi connectivity index (χ2n) is 11.3. The Hall–Kier alpha value is -4.04. The molecule has 2 bridgehead atoms. The van der Waals surface area contributed by atoms with Crippen molar-refractivity contribution in [2.75, 3.05) is 25.1 Å². The van der Waals surface area contributed by atoms with Gasteiger partial charge < -0.3 is 30.0 Å². The van der Waals surface area contributed by atoms with E-state index in [9.17, 15) is 22.8 Å². The minimum Gasteiger partial charge on any atom is -0.480 e. The summed E-state index contributed by atoms with van der Waals surface area (Å²) < 4.78 is 58.8. The second-order valence-corrected chi connectivity index (χ2v) is 11.3. The van der Waals surface area contributed by atoms with Crippen LogP contribution in [0.3, 0.4) is 0 Å². The third kappa shape index (κ3) is 6.07. The van der Waals surface area contributed by atoms with Crippen molar-refractivity contribution in [3.05, 3.63) is 47.5 Å². The van der Waals surface area contributed by atoms with Crippen LogP contribution in [0.4, 0.5) is 19.0 Å². The van der Waals surface area contributed by atoms with Gasteiger partial charge in [0.25, 0.3) is 5.91 Å². The van der Waals surface area contributed by atoms with E-state index in [0.717, 1.165) is 37.6 Å². The number of aryl methyl sites for hydroxylation is 1. The van der Waals surface area contributed by atoms with E-state index in [1.807, 2.05) is 6.07 Å². The number of ether oxygens (including phenoxy) is 3. The van der Waals surface area contributed by atoms with Crippen LogP contribution in [-0.2, 0) is 27.3 Å². The number of fused-ring (bicyclic) bond motifs is 5. The lowest BCUT2D eigenvalue weighted by molar-refractivity contribution is -0.166. The number of halogens is 3. The average Bonchev–Trinajstić information content (AvgIpc) is 3.00. The van der Waals surface area contributed by atoms with Gasteiger partial charge in [-0.25, -0.2) is 19.2 Å². The minimum atomic E-state index is -3.92. The molecule has 228 valence electrons. The quantitative estimate of drug-likeness (QED) is 0.297. The molecule has 3 N–H and O–H groups in total. The number of amides is 1. The maximum Gasteiger partial charge on any atom is 0.374 e. The summed E-state index contributed by atoms with van der Waals surface area (Å²) in [6.07, 6.45) is 4.30. The van der Waals surface area contributed by atoms with Crippen molar-refractivity contribution in [1.82, 2.24) is 20.3 Å². The van der Waals surface area contributed by atoms with Crippen LogP contribution in [-0.4, -0.2) is 68.8 Å². The Morgan fingerprint density at radius 2 is 1.98 bits per heavy atom. The van der Waals surface area contributed by atoms with Crippen molar-refractivity contribution in [2.45, 2.75) is 68.6 Å². The SMILES string of the molecule is O=C1COc2ccc(CNC34CCC(CCc5c(F)cnc6ccc(OCCC(F)(F)C(=O)O)nc56)(CC3)OC4)nc2N1. The van der Waals surface area contributed by atoms with Gasteiger partial charge in [-0.2, -0.15) is 8.78 Å². The highest BCUT2D eigenvalue weighted by molar-refractivity contribution is 5.94. The summed E-state index contributed by atoms with van der Waals surface area (Å²) in [6.45, 7) is 0.396. The van der Waals surface area contributed by atoms with E-state index >= 15 is 0 Å². The van der Waals surface area contributed by atoms with Gasteiger partial charge in [-0.05, 0) is 56.7 Å². The van der Waals surface area contributed by atoms with Gasteiger partial charge in [0.05, 0.1) is 48.2 Å². The zero-order valence-corrected chi connectivity index (χ0v) is 23.1. The van der Waals surface area contributed by atoms with E-state index in [4.69, 9.17) is 19.3 Å². The van der Waals surface area contributed by atoms with Gasteiger partial charge in [-0.15, -0.1) is 0 Å². The molecule has 7 rings (SSSR count). The van der Waals surface area contributed by atoms with Crippen LogP contribution in [0, 0.1) is 5.82 Å². The van der Waals surface area contributed by atoms with Crippen molar-refractivity contribution in [1.29, 1.82) is 0 Å². The van der Waals surface area contributed by atoms with E-state index < -0.39 is 36.3 Å². The lowest BCUT2D eigenvalue weighted by Gasteiger charge is -2.53. The second kappa shape index (κ2) is 11.2. The number of pyridine rings is 3. The molecule has 0 aromatic carbocycles. The number of carbonyl (C=O) groups is 2. The summed E-state index contributed by atoms with van der Waals surface area (Å²) in [6, 6.07) is 6.64. The number of nitrogens with one attached hydrogen (secondary N) is 2. The summed E-state index contributed by atoms with van der Waals surface area (Å²) in [5.41, 5.74) is 1.18. The Morgan fingerprint density at radius 3 is 2.72 bits per heavy atom. The number of carbonyl (C=O) groups excluding carboxylic acids is 1. The van der Waals surface area contributed by atoms with Crippen LogP contribution < -0.4 is 20.1 Å². The van der Waals surface area contributed by atoms with Crippen molar-refractivity contribution in [3.63, 3.8) is 0 Å². The van der Waals surface area contributed by atoms with E-state index in [0.29, 0.717) is 48.6 Å². The standard InChI is InChI=1S/C29H30F3N5O6/c30-19-14-33-20-2-4-23(41-12-11-29(31,32)26(39)40)37-24(20)18(19)5-6-28-9-7-27(8-10-28,16-43-28)34-13-17-1-3-21-25(35-17)36-22(38)15-42-21/h1-4,14,34H,5-13,15-16H2,(H,39,40)(H,35,36,38). The maximum absolute atomic E-state index is 15.0. The molecule has 0 unspecified atom stereocenters. The molecule has 2 saturated heterocycles. The maximum atomic E-state index is 15.0. The lowest BCUT2D eigenvalue weighted by atomic mass is 9.69. The molecule has 3 aromatic rings. The fraction of sp³-hybridized carbons (Fsp3) is 0.483. The molecule has 11 nitrogen and oxygen atoms in total. The van der Waals surface area contributed by atoms with Gasteiger partial charge in [0.15, 0.2) is 18.2 Å². The van der Waals surface area contributed by atoms with Gasteiger partial charge in [0, 0.05) is 23.7 Å². The van der Waals surface area contributed by atoms with Gasteiger partial charge >= 0.3 is 11.9 Å². The van der Waals surface area contributed by atoms with Crippen LogP contribution in [0.25, 0.3) is 11.0 Å². The Morgan fingerprint density at radius 1 is 1.16 bits per heavy atom. The third-order valence-electron chi connectivity index (χ3n) is 8.50. The summed E-state index contributed by atoms with van der Waals surface area (Å²) in [4.78, 5) is 35.2. The molecule has 1 saturated carbocycles. The third-order valence-corrected chi connectivity index (χ3v) is 8.50. The molecule has 1 amide bonds. The molecule has 0 radical (unpaired) electrons. The number of carboxylic acids is 1. The van der Waals surface area contributed by atoms with Gasteiger partial charge in [0.1, 0.15) is 5.82 Å². The predicted molar refractivity (Wildman–Crippen MR) is 146 cm³/mol. The van der Waals surface area contributed by atoms with E-state index in [-0.39, 0.29) is 29.4 Å². The predicted octanol–water partition coefficient (Wildman–Crippen LogP) is 3.79. The van der Waals surface area contributed by atoms with Crippen molar-refractivity contribution < 1.29 is 42.1 Å². The minimum absolute atomic E-state index is 0.0220. The van der Waals surface area contributed by atoms with Crippen molar-refractivity contribution in [2.24, 2.45) is 0 Å². The summed E-state index contributed by atoms with van der Waals surface area (Å²) >= 11 is 0. The van der Waals surface area contributed by atoms with Crippen LogP contribution in [0.1, 0.15) is 49.8 Å². The number of alkyl halides is 2. The molecule has 43 heavy (non-hydrogen) atoms. The molecule has 3 aliphatic heterocycles. The normalized spacial score (nSPS) is 23.0. The molecule has 14 heteroatoms. The largest absolute Gasteiger partial charge is 0.480 e. The van der Waals surface area contributed by atoms with E-state index in [2.05, 4.69) is 25.6 Å². The van der Waals surface area contributed by atoms with Crippen molar-refractivity contribution >= 4 is 28.7 Å². The van der Waals surface area contributed by atoms with Crippen LogP contribution >= 0.6 is 0 Å². The van der Waals surface area contributed by atoms with Gasteiger partial charge in [0.2, 0.25) is 5.88 Å². The topological polar surface area (TPSA) is 145 Å². The summed E-state index contributed by atoms with van der Waals surface area (Å²) in [7, 11) is 0. The molecule has 6 heterocycles. The Bertz CT molecular complexity index is 1550. The number of hydrogen-bond acceptors (Lipinski definition) is 9. The Balaban J connectivity index is 1.07. The van der Waals surface area contributed by atoms with E-state index in [1.54, 1.807) is 12.1 Å². The Labute approximate surface area is 244 Å². The van der Waals surface area contributed by atoms with Gasteiger partial charge in [-0.3, -0.25) is 9.78 Å². The molecular weight excluding hydrogens is 571 g/mol. The average molecular weight is 602 g/mol. The first-order valence-electron chi connectivity index (χ1n) is 14.1. The highest BCUT2D eigenvalue weighted by Crippen LogP contribution is 2.46. The van der Waals surface area contributed by atoms with Crippen LogP contribution in [0.15, 0.2) is 30.5 Å². The van der Waals surface area contributed by atoms with Crippen LogP contribution in [0.5, 0.6) is 11.6 Å². The summed E-state index contributed by atoms with van der Waals surface area (Å²) in [5.74, 6) is -5.98. The zero-order chi connectivity index (χ0) is 30.2. The number of aromatic nitrogens is 3. The fourth-order valence-electron chi connectivity index (χ4n) is 5.83. The van der Waals surface area contributed by atoms with Gasteiger partial charge in [-0.1, -0.05) is 0 Å². The Kier molecular flexibility index (Phi) is 7.59. The highest BCUT2D eigenvalue weighted by atomic mass is 19.3. The molecule has 1 aliphatic carbocycles. The number of nitrogens with zero attached hydrogens (tertiary/aromatic N) is 3. The molecule has 4 aliphatic rings. The number of carboxylic acid groups (broad SMARTS) is 1. The van der Waals surface area contributed by atoms with E-state index in [1.165, 1.54) is 6.07 Å². The highest BCUT2D eigenvalue weighted by Gasteiger charge is 2.49. The molecule has 0 atom stereocenters. The molecule has 3 fully saturated rings. The van der Waals surface area contributed by atoms with Crippen LogP contribution in [0.2, 0.25) is 0 Å². The number of aliphatic carboxylic acids is 1.